The SMILES string of the molecule is CC(=O)c1ccc(S(=O)(=O)N2CCCCC2C(=O)OCCCn2cnc3c(N)ncnc32)cc1. The lowest BCUT2D eigenvalue weighted by Gasteiger charge is -2.33. The van der Waals surface area contributed by atoms with Crippen molar-refractivity contribution in [1.29, 1.82) is 0 Å². The van der Waals surface area contributed by atoms with Gasteiger partial charge < -0.3 is 15.0 Å². The first kappa shape index (κ1) is 23.8. The summed E-state index contributed by atoms with van der Waals surface area (Å²) in [5.41, 5.74) is 7.33. The zero-order valence-electron chi connectivity index (χ0n) is 18.8. The molecule has 0 bridgehead atoms. The zero-order valence-corrected chi connectivity index (χ0v) is 19.6. The number of benzene rings is 1. The molecule has 1 aliphatic rings. The third kappa shape index (κ3) is 4.77. The summed E-state index contributed by atoms with van der Waals surface area (Å²) < 4.78 is 34.9. The quantitative estimate of drug-likeness (QED) is 0.285. The molecule has 12 heteroatoms. The lowest BCUT2D eigenvalue weighted by molar-refractivity contribution is -0.149. The maximum Gasteiger partial charge on any atom is 0.324 e. The Hall–Kier alpha value is -3.38. The summed E-state index contributed by atoms with van der Waals surface area (Å²) in [6.07, 6.45) is 5.25. The number of anilines is 1. The van der Waals surface area contributed by atoms with E-state index in [2.05, 4.69) is 15.0 Å². The fourth-order valence-electron chi connectivity index (χ4n) is 3.99. The monoisotopic (exact) mass is 486 g/mol. The number of hydrogen-bond donors (Lipinski definition) is 1. The first-order chi connectivity index (χ1) is 16.3. The van der Waals surface area contributed by atoms with Crippen molar-refractivity contribution in [3.05, 3.63) is 42.5 Å². The molecule has 4 rings (SSSR count). The normalized spacial score (nSPS) is 17.0. The second kappa shape index (κ2) is 9.85. The van der Waals surface area contributed by atoms with E-state index in [-0.39, 0.29) is 23.8 Å². The van der Waals surface area contributed by atoms with Gasteiger partial charge in [0.2, 0.25) is 10.0 Å². The molecule has 1 unspecified atom stereocenters. The Bertz CT molecular complexity index is 1310. The van der Waals surface area contributed by atoms with Gasteiger partial charge in [-0.15, -0.1) is 0 Å². The predicted octanol–water partition coefficient (Wildman–Crippen LogP) is 1.79. The van der Waals surface area contributed by atoms with E-state index in [1.807, 2.05) is 0 Å². The summed E-state index contributed by atoms with van der Waals surface area (Å²) in [5, 5.41) is 0. The van der Waals surface area contributed by atoms with Crippen LogP contribution in [0, 0.1) is 0 Å². The Morgan fingerprint density at radius 3 is 2.65 bits per heavy atom. The molecule has 0 spiro atoms. The van der Waals surface area contributed by atoms with Crippen LogP contribution in [-0.2, 0) is 26.1 Å². The van der Waals surface area contributed by atoms with Crippen LogP contribution in [0.3, 0.4) is 0 Å². The predicted molar refractivity (Wildman–Crippen MR) is 123 cm³/mol. The van der Waals surface area contributed by atoms with E-state index >= 15 is 0 Å². The first-order valence-electron chi connectivity index (χ1n) is 11.0. The van der Waals surface area contributed by atoms with Crippen LogP contribution in [-0.4, -0.2) is 63.2 Å². The number of nitrogen functional groups attached to an aromatic ring is 1. The highest BCUT2D eigenvalue weighted by atomic mass is 32.2. The Kier molecular flexibility index (Phi) is 6.89. The number of ketones is 1. The number of piperidine rings is 1. The molecule has 3 aromatic rings. The minimum absolute atomic E-state index is 0.0467. The number of aromatic nitrogens is 4. The zero-order chi connectivity index (χ0) is 24.3. The van der Waals surface area contributed by atoms with Crippen molar-refractivity contribution in [1.82, 2.24) is 23.8 Å². The molecule has 0 radical (unpaired) electrons. The molecular weight excluding hydrogens is 460 g/mol. The number of esters is 1. The summed E-state index contributed by atoms with van der Waals surface area (Å²) >= 11 is 0. The second-order valence-corrected chi connectivity index (χ2v) is 9.99. The summed E-state index contributed by atoms with van der Waals surface area (Å²) in [6, 6.07) is 4.87. The van der Waals surface area contributed by atoms with Crippen molar-refractivity contribution in [3.63, 3.8) is 0 Å². The summed E-state index contributed by atoms with van der Waals surface area (Å²) in [7, 11) is -3.91. The number of sulfonamides is 1. The van der Waals surface area contributed by atoms with Crippen LogP contribution in [0.2, 0.25) is 0 Å². The lowest BCUT2D eigenvalue weighted by Crippen LogP contribution is -2.48. The standard InChI is InChI=1S/C22H26N6O5S/c1-15(29)16-6-8-17(9-7-16)34(31,32)28-11-3-2-5-18(28)22(30)33-12-4-10-27-14-26-19-20(23)24-13-25-21(19)27/h6-9,13-14,18H,2-5,10-12H2,1H3,(H2,23,24,25). The number of rotatable bonds is 8. The van der Waals surface area contributed by atoms with Crippen molar-refractivity contribution in [2.45, 2.75) is 50.1 Å². The van der Waals surface area contributed by atoms with Gasteiger partial charge in [0.1, 0.15) is 17.9 Å². The van der Waals surface area contributed by atoms with Crippen molar-refractivity contribution in [2.75, 3.05) is 18.9 Å². The minimum atomic E-state index is -3.91. The highest BCUT2D eigenvalue weighted by Gasteiger charge is 2.38. The third-order valence-corrected chi connectivity index (χ3v) is 7.73. The summed E-state index contributed by atoms with van der Waals surface area (Å²) in [4.78, 5) is 36.6. The Morgan fingerprint density at radius 2 is 1.91 bits per heavy atom. The molecule has 1 saturated heterocycles. The number of nitrogens with two attached hydrogens (primary N) is 1. The molecule has 0 amide bonds. The molecular formula is C22H26N6O5S. The van der Waals surface area contributed by atoms with Gasteiger partial charge in [-0.25, -0.2) is 23.4 Å². The molecule has 1 aliphatic heterocycles. The number of Topliss-reactive ketones (excluding diaryl/α,β-unsaturated/α-hetero) is 1. The van der Waals surface area contributed by atoms with Gasteiger partial charge in [0, 0.05) is 18.7 Å². The van der Waals surface area contributed by atoms with Gasteiger partial charge in [-0.3, -0.25) is 9.59 Å². The minimum Gasteiger partial charge on any atom is -0.464 e. The van der Waals surface area contributed by atoms with Gasteiger partial charge in [-0.2, -0.15) is 4.31 Å². The molecule has 34 heavy (non-hydrogen) atoms. The van der Waals surface area contributed by atoms with Crippen molar-refractivity contribution in [3.8, 4) is 0 Å². The van der Waals surface area contributed by atoms with E-state index in [9.17, 15) is 18.0 Å². The smallest absolute Gasteiger partial charge is 0.324 e. The second-order valence-electron chi connectivity index (χ2n) is 8.10. The third-order valence-electron chi connectivity index (χ3n) is 5.81. The number of imidazole rings is 1. The average molecular weight is 487 g/mol. The first-order valence-corrected chi connectivity index (χ1v) is 12.4. The van der Waals surface area contributed by atoms with Crippen molar-refractivity contribution in [2.24, 2.45) is 0 Å². The van der Waals surface area contributed by atoms with Crippen LogP contribution in [0.5, 0.6) is 0 Å². The van der Waals surface area contributed by atoms with Crippen LogP contribution in [0.15, 0.2) is 41.8 Å². The molecule has 1 atom stereocenters. The summed E-state index contributed by atoms with van der Waals surface area (Å²) in [6.45, 7) is 2.27. The van der Waals surface area contributed by atoms with E-state index in [4.69, 9.17) is 10.5 Å². The van der Waals surface area contributed by atoms with Gasteiger partial charge in [-0.05, 0) is 44.7 Å². The molecule has 180 valence electrons. The van der Waals surface area contributed by atoms with Crippen LogP contribution < -0.4 is 5.73 Å². The number of carbonyl (C=O) groups excluding carboxylic acids is 2. The largest absolute Gasteiger partial charge is 0.464 e. The van der Waals surface area contributed by atoms with Crippen molar-refractivity contribution < 1.29 is 22.7 Å². The van der Waals surface area contributed by atoms with Gasteiger partial charge in [-0.1, -0.05) is 12.1 Å². The van der Waals surface area contributed by atoms with Crippen LogP contribution in [0.25, 0.3) is 11.2 Å². The van der Waals surface area contributed by atoms with Gasteiger partial charge in [0.25, 0.3) is 0 Å². The van der Waals surface area contributed by atoms with Crippen LogP contribution >= 0.6 is 0 Å². The maximum atomic E-state index is 13.2. The molecule has 3 heterocycles. The fourth-order valence-corrected chi connectivity index (χ4v) is 5.64. The van der Waals surface area contributed by atoms with Gasteiger partial charge >= 0.3 is 5.97 Å². The van der Waals surface area contributed by atoms with Crippen LogP contribution in [0.1, 0.15) is 43.0 Å². The molecule has 0 aliphatic carbocycles. The fraction of sp³-hybridized carbons (Fsp3) is 0.409. The lowest BCUT2D eigenvalue weighted by atomic mass is 10.1. The van der Waals surface area contributed by atoms with E-state index < -0.39 is 22.0 Å². The Balaban J connectivity index is 1.39. The molecule has 1 aromatic carbocycles. The topological polar surface area (TPSA) is 150 Å². The van der Waals surface area contributed by atoms with Gasteiger partial charge in [0.15, 0.2) is 17.2 Å². The maximum absolute atomic E-state index is 13.2. The van der Waals surface area contributed by atoms with Crippen molar-refractivity contribution >= 4 is 38.8 Å². The number of nitrogens with zero attached hydrogens (tertiary/aromatic N) is 5. The molecule has 1 fully saturated rings. The number of fused-ring (bicyclic) bond motifs is 1. The molecule has 11 nitrogen and oxygen atoms in total. The number of hydrogen-bond acceptors (Lipinski definition) is 9. The molecule has 2 N–H and O–H groups in total. The number of carbonyl (C=O) groups is 2. The Labute approximate surface area is 197 Å². The van der Waals surface area contributed by atoms with E-state index in [0.29, 0.717) is 48.4 Å². The molecule has 0 saturated carbocycles. The average Bonchev–Trinajstić information content (AvgIpc) is 3.26. The van der Waals surface area contributed by atoms with E-state index in [1.54, 1.807) is 10.9 Å². The number of aryl methyl sites for hydroxylation is 1. The highest BCUT2D eigenvalue weighted by molar-refractivity contribution is 7.89. The van der Waals surface area contributed by atoms with Gasteiger partial charge in [0.05, 0.1) is 17.8 Å². The van der Waals surface area contributed by atoms with E-state index in [0.717, 1.165) is 6.42 Å². The number of ether oxygens (including phenoxy) is 1. The Morgan fingerprint density at radius 1 is 1.15 bits per heavy atom. The van der Waals surface area contributed by atoms with Crippen LogP contribution in [0.4, 0.5) is 5.82 Å². The highest BCUT2D eigenvalue weighted by Crippen LogP contribution is 2.26. The summed E-state index contributed by atoms with van der Waals surface area (Å²) in [5.74, 6) is -0.418. The van der Waals surface area contributed by atoms with E-state index in [1.165, 1.54) is 41.8 Å². The molecule has 2 aromatic heterocycles.